The molecule has 0 saturated carbocycles. The molecule has 1 N–H and O–H groups in total. The number of ether oxygens (including phenoxy) is 2. The predicted molar refractivity (Wildman–Crippen MR) is 172 cm³/mol. The Hall–Kier alpha value is -1.07. The zero-order chi connectivity index (χ0) is 29.5. The number of unbranched alkanes of at least 4 members (excludes halogenated alkanes) is 14. The van der Waals surface area contributed by atoms with Crippen LogP contribution in [0.3, 0.4) is 0 Å². The van der Waals surface area contributed by atoms with Crippen molar-refractivity contribution >= 4 is 5.97 Å². The van der Waals surface area contributed by atoms with Gasteiger partial charge in [-0.15, -0.1) is 0 Å². The molecule has 0 aromatic carbocycles. The highest BCUT2D eigenvalue weighted by molar-refractivity contribution is 5.69. The molecule has 238 valence electrons. The topological polar surface area (TPSA) is 59.0 Å². The van der Waals surface area contributed by atoms with Crippen LogP contribution in [0.25, 0.3) is 0 Å². The summed E-state index contributed by atoms with van der Waals surface area (Å²) >= 11 is 0. The molecular formula is C35H69NO4. The molecule has 0 spiro atoms. The first-order valence-corrected chi connectivity index (χ1v) is 17.4. The Balaban J connectivity index is 3.66. The molecule has 0 rings (SSSR count). The summed E-state index contributed by atoms with van der Waals surface area (Å²) in [6.07, 6.45) is 26.9. The number of hydrogen-bond acceptors (Lipinski definition) is 5. The van der Waals surface area contributed by atoms with Gasteiger partial charge in [0.15, 0.2) is 0 Å². The first kappa shape index (κ1) is 38.9. The molecule has 0 aliphatic carbocycles. The van der Waals surface area contributed by atoms with E-state index in [2.05, 4.69) is 32.3 Å². The first-order chi connectivity index (χ1) is 19.6. The first-order valence-electron chi connectivity index (χ1n) is 17.4. The van der Waals surface area contributed by atoms with E-state index in [9.17, 15) is 9.90 Å². The van der Waals surface area contributed by atoms with Crippen molar-refractivity contribution in [1.29, 1.82) is 0 Å². The van der Waals surface area contributed by atoms with Crippen molar-refractivity contribution in [2.45, 2.75) is 175 Å². The third-order valence-electron chi connectivity index (χ3n) is 7.77. The number of rotatable bonds is 32. The molecule has 0 amide bonds. The van der Waals surface area contributed by atoms with E-state index in [0.29, 0.717) is 19.1 Å². The van der Waals surface area contributed by atoms with E-state index in [1.54, 1.807) is 0 Å². The number of hydrogen-bond donors (Lipinski definition) is 1. The number of aliphatic hydroxyl groups excluding tert-OH is 1. The van der Waals surface area contributed by atoms with Crippen LogP contribution in [0.5, 0.6) is 0 Å². The summed E-state index contributed by atoms with van der Waals surface area (Å²) in [4.78, 5) is 14.3. The van der Waals surface area contributed by atoms with E-state index in [1.807, 2.05) is 0 Å². The molecule has 0 radical (unpaired) electrons. The molecule has 0 aliphatic heterocycles. The molecule has 0 aromatic heterocycles. The van der Waals surface area contributed by atoms with Crippen LogP contribution in [0, 0.1) is 0 Å². The number of nitrogens with zero attached hydrogens (tertiary/aromatic N) is 1. The van der Waals surface area contributed by atoms with Crippen molar-refractivity contribution in [3.8, 4) is 0 Å². The average molecular weight is 568 g/mol. The molecule has 0 atom stereocenters. The summed E-state index contributed by atoms with van der Waals surface area (Å²) in [5.41, 5.74) is 0. The van der Waals surface area contributed by atoms with E-state index in [4.69, 9.17) is 9.47 Å². The maximum absolute atomic E-state index is 11.9. The lowest BCUT2D eigenvalue weighted by Crippen LogP contribution is -2.29. The predicted octanol–water partition coefficient (Wildman–Crippen LogP) is 9.75. The molecule has 0 heterocycles. The van der Waals surface area contributed by atoms with Crippen LogP contribution in [0.4, 0.5) is 0 Å². The quantitative estimate of drug-likeness (QED) is 0.0498. The van der Waals surface area contributed by atoms with Gasteiger partial charge < -0.3 is 19.5 Å². The van der Waals surface area contributed by atoms with Crippen molar-refractivity contribution < 1.29 is 19.4 Å². The Morgan fingerprint density at radius 1 is 0.650 bits per heavy atom. The smallest absolute Gasteiger partial charge is 0.305 e. The Morgan fingerprint density at radius 3 is 1.70 bits per heavy atom. The van der Waals surface area contributed by atoms with Gasteiger partial charge in [0.2, 0.25) is 0 Å². The monoisotopic (exact) mass is 568 g/mol. The Labute approximate surface area is 249 Å². The van der Waals surface area contributed by atoms with Gasteiger partial charge in [0.1, 0.15) is 0 Å². The minimum atomic E-state index is -0.0223. The molecule has 5 nitrogen and oxygen atoms in total. The van der Waals surface area contributed by atoms with Crippen LogP contribution in [-0.2, 0) is 14.3 Å². The van der Waals surface area contributed by atoms with Gasteiger partial charge in [-0.2, -0.15) is 0 Å². The van der Waals surface area contributed by atoms with Crippen molar-refractivity contribution in [2.75, 3.05) is 32.8 Å². The molecule has 0 unspecified atom stereocenters. The molecule has 0 bridgehead atoms. The van der Waals surface area contributed by atoms with Gasteiger partial charge in [0, 0.05) is 19.4 Å². The molecular weight excluding hydrogens is 498 g/mol. The standard InChI is InChI=1S/C35H69NO4/c1-5-8-9-10-11-18-23-32-39-35(38)27-20-15-13-17-22-29-36(30-31-37)28-21-16-12-14-19-26-33(4)40-34(24-6-2)25-7-3/h34,37H,4-32H2,1-3H3. The largest absolute Gasteiger partial charge is 0.495 e. The minimum Gasteiger partial charge on any atom is -0.495 e. The summed E-state index contributed by atoms with van der Waals surface area (Å²) in [6.45, 7) is 14.6. The second kappa shape index (κ2) is 30.9. The summed E-state index contributed by atoms with van der Waals surface area (Å²) in [5, 5.41) is 9.45. The fourth-order valence-electron chi connectivity index (χ4n) is 5.32. The number of aliphatic hydroxyl groups is 1. The summed E-state index contributed by atoms with van der Waals surface area (Å²) in [6, 6.07) is 0. The van der Waals surface area contributed by atoms with Crippen LogP contribution in [0.2, 0.25) is 0 Å². The van der Waals surface area contributed by atoms with Crippen molar-refractivity contribution in [3.05, 3.63) is 12.3 Å². The van der Waals surface area contributed by atoms with E-state index >= 15 is 0 Å². The SMILES string of the molecule is C=C(CCCCCCCN(CCO)CCCCCCCC(=O)OCCCCCCCCC)OC(CCC)CCC. The van der Waals surface area contributed by atoms with Crippen LogP contribution < -0.4 is 0 Å². The maximum atomic E-state index is 11.9. The van der Waals surface area contributed by atoms with E-state index in [1.165, 1.54) is 103 Å². The summed E-state index contributed by atoms with van der Waals surface area (Å²) in [7, 11) is 0. The number of allylic oxidation sites excluding steroid dienone is 1. The average Bonchev–Trinajstić information content (AvgIpc) is 2.93. The van der Waals surface area contributed by atoms with Gasteiger partial charge in [0.05, 0.1) is 25.1 Å². The Bertz CT molecular complexity index is 548. The van der Waals surface area contributed by atoms with Gasteiger partial charge in [-0.05, 0) is 58.0 Å². The van der Waals surface area contributed by atoms with Gasteiger partial charge in [-0.3, -0.25) is 4.79 Å². The maximum Gasteiger partial charge on any atom is 0.305 e. The number of carbonyl (C=O) groups is 1. The summed E-state index contributed by atoms with van der Waals surface area (Å²) in [5.74, 6) is 0.950. The molecule has 0 fully saturated rings. The highest BCUT2D eigenvalue weighted by atomic mass is 16.5. The fourth-order valence-corrected chi connectivity index (χ4v) is 5.32. The van der Waals surface area contributed by atoms with Crippen LogP contribution >= 0.6 is 0 Å². The van der Waals surface area contributed by atoms with Gasteiger partial charge >= 0.3 is 5.97 Å². The van der Waals surface area contributed by atoms with Crippen LogP contribution in [-0.4, -0.2) is 54.9 Å². The molecule has 0 saturated heterocycles. The lowest BCUT2D eigenvalue weighted by atomic mass is 10.1. The fraction of sp³-hybridized carbons (Fsp3) is 0.914. The van der Waals surface area contributed by atoms with Crippen molar-refractivity contribution in [3.63, 3.8) is 0 Å². The highest BCUT2D eigenvalue weighted by Crippen LogP contribution is 2.18. The lowest BCUT2D eigenvalue weighted by Gasteiger charge is -2.21. The van der Waals surface area contributed by atoms with E-state index in [-0.39, 0.29) is 12.6 Å². The normalized spacial score (nSPS) is 11.4. The third-order valence-corrected chi connectivity index (χ3v) is 7.77. The van der Waals surface area contributed by atoms with Crippen LogP contribution in [0.15, 0.2) is 12.3 Å². The summed E-state index contributed by atoms with van der Waals surface area (Å²) < 4.78 is 11.5. The second-order valence-corrected chi connectivity index (χ2v) is 11.8. The van der Waals surface area contributed by atoms with Gasteiger partial charge in [-0.1, -0.05) is 117 Å². The van der Waals surface area contributed by atoms with Crippen molar-refractivity contribution in [2.24, 2.45) is 0 Å². The molecule has 0 aliphatic rings. The molecule has 5 heteroatoms. The Morgan fingerprint density at radius 2 is 1.15 bits per heavy atom. The third kappa shape index (κ3) is 27.1. The van der Waals surface area contributed by atoms with Gasteiger partial charge in [0.25, 0.3) is 0 Å². The van der Waals surface area contributed by atoms with Gasteiger partial charge in [-0.25, -0.2) is 0 Å². The number of esters is 1. The van der Waals surface area contributed by atoms with Crippen LogP contribution in [0.1, 0.15) is 168 Å². The highest BCUT2D eigenvalue weighted by Gasteiger charge is 2.09. The molecule has 0 aromatic rings. The minimum absolute atomic E-state index is 0.0223. The lowest BCUT2D eigenvalue weighted by molar-refractivity contribution is -0.143. The zero-order valence-corrected chi connectivity index (χ0v) is 27.2. The zero-order valence-electron chi connectivity index (χ0n) is 27.2. The Kier molecular flexibility index (Phi) is 30.1. The van der Waals surface area contributed by atoms with Crippen molar-refractivity contribution in [1.82, 2.24) is 4.90 Å². The number of carbonyl (C=O) groups excluding carboxylic acids is 1. The molecule has 40 heavy (non-hydrogen) atoms. The van der Waals surface area contributed by atoms with E-state index < -0.39 is 0 Å². The van der Waals surface area contributed by atoms with E-state index in [0.717, 1.165) is 63.9 Å². The second-order valence-electron chi connectivity index (χ2n) is 11.8.